The first-order valence-corrected chi connectivity index (χ1v) is 5.19. The topological polar surface area (TPSA) is 20.2 Å². The molecule has 1 aliphatic rings. The SMILES string of the molecule is CC(C)CCC(C)(CO)C1CC1. The Morgan fingerprint density at radius 3 is 2.33 bits per heavy atom. The van der Waals surface area contributed by atoms with Crippen molar-refractivity contribution in [2.45, 2.75) is 46.5 Å². The van der Waals surface area contributed by atoms with Crippen LogP contribution < -0.4 is 0 Å². The zero-order valence-electron chi connectivity index (χ0n) is 8.64. The molecular formula is C11H22O. The first kappa shape index (κ1) is 10.0. The van der Waals surface area contributed by atoms with Crippen LogP contribution in [0.3, 0.4) is 0 Å². The van der Waals surface area contributed by atoms with Gasteiger partial charge in [-0.3, -0.25) is 0 Å². The molecule has 0 aromatic heterocycles. The summed E-state index contributed by atoms with van der Waals surface area (Å²) >= 11 is 0. The molecule has 0 radical (unpaired) electrons. The molecule has 0 spiro atoms. The number of rotatable bonds is 5. The van der Waals surface area contributed by atoms with Crippen LogP contribution in [0.1, 0.15) is 46.5 Å². The summed E-state index contributed by atoms with van der Waals surface area (Å²) in [6.45, 7) is 7.13. The van der Waals surface area contributed by atoms with E-state index in [9.17, 15) is 5.11 Å². The second-order valence-electron chi connectivity index (χ2n) is 5.02. The smallest absolute Gasteiger partial charge is 0.0487 e. The van der Waals surface area contributed by atoms with Gasteiger partial charge >= 0.3 is 0 Å². The van der Waals surface area contributed by atoms with Crippen LogP contribution in [0.2, 0.25) is 0 Å². The summed E-state index contributed by atoms with van der Waals surface area (Å²) < 4.78 is 0. The molecule has 1 aliphatic carbocycles. The Morgan fingerprint density at radius 2 is 2.00 bits per heavy atom. The van der Waals surface area contributed by atoms with E-state index >= 15 is 0 Å². The Bertz CT molecular complexity index is 138. The molecule has 0 amide bonds. The molecule has 72 valence electrons. The monoisotopic (exact) mass is 170 g/mol. The Kier molecular flexibility index (Phi) is 3.16. The van der Waals surface area contributed by atoms with E-state index in [4.69, 9.17) is 0 Å². The molecule has 0 aromatic rings. The summed E-state index contributed by atoms with van der Waals surface area (Å²) in [5.74, 6) is 1.59. The minimum Gasteiger partial charge on any atom is -0.396 e. The third kappa shape index (κ3) is 2.48. The molecule has 1 nitrogen and oxygen atoms in total. The van der Waals surface area contributed by atoms with Crippen molar-refractivity contribution in [3.8, 4) is 0 Å². The van der Waals surface area contributed by atoms with E-state index in [1.54, 1.807) is 0 Å². The van der Waals surface area contributed by atoms with E-state index in [2.05, 4.69) is 20.8 Å². The summed E-state index contributed by atoms with van der Waals surface area (Å²) in [6, 6.07) is 0. The summed E-state index contributed by atoms with van der Waals surface area (Å²) in [6.07, 6.45) is 5.14. The Balaban J connectivity index is 2.33. The molecule has 1 atom stereocenters. The van der Waals surface area contributed by atoms with Crippen molar-refractivity contribution in [1.29, 1.82) is 0 Å². The lowest BCUT2D eigenvalue weighted by Crippen LogP contribution is -2.24. The zero-order chi connectivity index (χ0) is 9.19. The van der Waals surface area contributed by atoms with E-state index in [1.165, 1.54) is 25.7 Å². The van der Waals surface area contributed by atoms with Crippen LogP contribution in [0.5, 0.6) is 0 Å². The van der Waals surface area contributed by atoms with Crippen molar-refractivity contribution in [2.24, 2.45) is 17.3 Å². The van der Waals surface area contributed by atoms with Crippen LogP contribution in [0.15, 0.2) is 0 Å². The fourth-order valence-electron chi connectivity index (χ4n) is 1.81. The van der Waals surface area contributed by atoms with Gasteiger partial charge in [-0.25, -0.2) is 0 Å². The molecule has 1 N–H and O–H groups in total. The van der Waals surface area contributed by atoms with E-state index in [-0.39, 0.29) is 5.41 Å². The lowest BCUT2D eigenvalue weighted by Gasteiger charge is -2.27. The van der Waals surface area contributed by atoms with Crippen LogP contribution in [0.4, 0.5) is 0 Å². The Labute approximate surface area is 76.2 Å². The average Bonchev–Trinajstić information content (AvgIpc) is 2.82. The van der Waals surface area contributed by atoms with Gasteiger partial charge in [-0.05, 0) is 36.5 Å². The number of aliphatic hydroxyl groups excluding tert-OH is 1. The molecular weight excluding hydrogens is 148 g/mol. The summed E-state index contributed by atoms with van der Waals surface area (Å²) in [7, 11) is 0. The number of hydrogen-bond donors (Lipinski definition) is 1. The van der Waals surface area contributed by atoms with Gasteiger partial charge < -0.3 is 5.11 Å². The van der Waals surface area contributed by atoms with Crippen molar-refractivity contribution in [3.05, 3.63) is 0 Å². The molecule has 1 saturated carbocycles. The van der Waals surface area contributed by atoms with Gasteiger partial charge in [0.05, 0.1) is 0 Å². The maximum absolute atomic E-state index is 9.31. The van der Waals surface area contributed by atoms with Gasteiger partial charge in [-0.2, -0.15) is 0 Å². The molecule has 0 heterocycles. The minimum atomic E-state index is 0.240. The van der Waals surface area contributed by atoms with Gasteiger partial charge in [-0.15, -0.1) is 0 Å². The van der Waals surface area contributed by atoms with Crippen molar-refractivity contribution in [1.82, 2.24) is 0 Å². The van der Waals surface area contributed by atoms with Gasteiger partial charge in [0.1, 0.15) is 0 Å². The van der Waals surface area contributed by atoms with E-state index in [0.29, 0.717) is 6.61 Å². The largest absolute Gasteiger partial charge is 0.396 e. The lowest BCUT2D eigenvalue weighted by atomic mass is 9.79. The van der Waals surface area contributed by atoms with Crippen molar-refractivity contribution < 1.29 is 5.11 Å². The predicted molar refractivity (Wildman–Crippen MR) is 52.0 cm³/mol. The van der Waals surface area contributed by atoms with Crippen LogP contribution >= 0.6 is 0 Å². The maximum Gasteiger partial charge on any atom is 0.0487 e. The second kappa shape index (κ2) is 3.78. The first-order chi connectivity index (χ1) is 5.58. The number of aliphatic hydroxyl groups is 1. The molecule has 0 aromatic carbocycles. The van der Waals surface area contributed by atoms with E-state index in [0.717, 1.165) is 11.8 Å². The normalized spacial score (nSPS) is 22.8. The van der Waals surface area contributed by atoms with Gasteiger partial charge in [0.2, 0.25) is 0 Å². The zero-order valence-corrected chi connectivity index (χ0v) is 8.64. The van der Waals surface area contributed by atoms with E-state index < -0.39 is 0 Å². The highest BCUT2D eigenvalue weighted by atomic mass is 16.3. The Hall–Kier alpha value is -0.0400. The first-order valence-electron chi connectivity index (χ1n) is 5.19. The highest BCUT2D eigenvalue weighted by molar-refractivity contribution is 4.90. The maximum atomic E-state index is 9.31. The van der Waals surface area contributed by atoms with Crippen LogP contribution in [-0.4, -0.2) is 11.7 Å². The summed E-state index contributed by atoms with van der Waals surface area (Å²) in [5, 5.41) is 9.31. The third-order valence-electron chi connectivity index (χ3n) is 3.22. The molecule has 1 unspecified atom stereocenters. The van der Waals surface area contributed by atoms with Crippen LogP contribution in [-0.2, 0) is 0 Å². The summed E-state index contributed by atoms with van der Waals surface area (Å²) in [5.41, 5.74) is 0.240. The molecule has 0 bridgehead atoms. The lowest BCUT2D eigenvalue weighted by molar-refractivity contribution is 0.104. The molecule has 12 heavy (non-hydrogen) atoms. The third-order valence-corrected chi connectivity index (χ3v) is 3.22. The van der Waals surface area contributed by atoms with Gasteiger partial charge in [0.25, 0.3) is 0 Å². The standard InChI is InChI=1S/C11H22O/c1-9(2)6-7-11(3,8-12)10-4-5-10/h9-10,12H,4-8H2,1-3H3. The fraction of sp³-hybridized carbons (Fsp3) is 1.00. The summed E-state index contributed by atoms with van der Waals surface area (Å²) in [4.78, 5) is 0. The molecule has 1 rings (SSSR count). The molecule has 1 fully saturated rings. The van der Waals surface area contributed by atoms with Gasteiger partial charge in [0, 0.05) is 6.61 Å². The molecule has 0 saturated heterocycles. The minimum absolute atomic E-state index is 0.240. The van der Waals surface area contributed by atoms with Gasteiger partial charge in [0.15, 0.2) is 0 Å². The predicted octanol–water partition coefficient (Wildman–Crippen LogP) is 2.83. The van der Waals surface area contributed by atoms with Crippen LogP contribution in [0.25, 0.3) is 0 Å². The Morgan fingerprint density at radius 1 is 1.42 bits per heavy atom. The highest BCUT2D eigenvalue weighted by Crippen LogP contribution is 2.48. The number of hydrogen-bond acceptors (Lipinski definition) is 1. The second-order valence-corrected chi connectivity index (χ2v) is 5.02. The van der Waals surface area contributed by atoms with Crippen molar-refractivity contribution >= 4 is 0 Å². The fourth-order valence-corrected chi connectivity index (χ4v) is 1.81. The highest BCUT2D eigenvalue weighted by Gasteiger charge is 2.40. The van der Waals surface area contributed by atoms with Crippen LogP contribution in [0, 0.1) is 17.3 Å². The van der Waals surface area contributed by atoms with Crippen molar-refractivity contribution in [2.75, 3.05) is 6.61 Å². The van der Waals surface area contributed by atoms with Crippen molar-refractivity contribution in [3.63, 3.8) is 0 Å². The quantitative estimate of drug-likeness (QED) is 0.672. The van der Waals surface area contributed by atoms with Gasteiger partial charge in [-0.1, -0.05) is 27.2 Å². The molecule has 1 heteroatoms. The molecule has 0 aliphatic heterocycles. The average molecular weight is 170 g/mol. The van der Waals surface area contributed by atoms with E-state index in [1.807, 2.05) is 0 Å².